The molecule has 3 aromatic rings. The van der Waals surface area contributed by atoms with E-state index in [1.807, 2.05) is 42.0 Å². The second-order valence-corrected chi connectivity index (χ2v) is 7.68. The van der Waals surface area contributed by atoms with Crippen molar-refractivity contribution in [1.29, 1.82) is 0 Å². The zero-order chi connectivity index (χ0) is 20.2. The largest absolute Gasteiger partial charge is 0.332 e. The summed E-state index contributed by atoms with van der Waals surface area (Å²) in [6.07, 6.45) is 4.40. The van der Waals surface area contributed by atoms with Gasteiger partial charge in [0.05, 0.1) is 19.1 Å². The second-order valence-electron chi connectivity index (χ2n) is 7.68. The molecule has 29 heavy (non-hydrogen) atoms. The number of benzene rings is 1. The molecule has 0 radical (unpaired) electrons. The number of aryl methyl sites for hydroxylation is 1. The predicted molar refractivity (Wildman–Crippen MR) is 110 cm³/mol. The van der Waals surface area contributed by atoms with Gasteiger partial charge in [-0.15, -0.1) is 10.2 Å². The molecule has 0 bridgehead atoms. The third-order valence-corrected chi connectivity index (χ3v) is 5.34. The molecule has 0 aliphatic carbocycles. The quantitative estimate of drug-likeness (QED) is 0.646. The number of aromatic nitrogens is 4. The molecule has 0 saturated carbocycles. The third-order valence-electron chi connectivity index (χ3n) is 5.34. The lowest BCUT2D eigenvalue weighted by Crippen LogP contribution is -2.45. The van der Waals surface area contributed by atoms with Crippen LogP contribution in [-0.4, -0.2) is 55.6 Å². The number of carbonyl (C=O) groups is 1. The monoisotopic (exact) mass is 390 g/mol. The summed E-state index contributed by atoms with van der Waals surface area (Å²) < 4.78 is 2.19. The number of pyridine rings is 1. The molecule has 0 fully saturated rings. The summed E-state index contributed by atoms with van der Waals surface area (Å²) in [7, 11) is 1.97. The van der Waals surface area contributed by atoms with Crippen molar-refractivity contribution < 1.29 is 4.79 Å². The third kappa shape index (κ3) is 4.51. The number of hydrogen-bond acceptors (Lipinski definition) is 5. The van der Waals surface area contributed by atoms with Crippen molar-refractivity contribution >= 4 is 5.91 Å². The maximum absolute atomic E-state index is 13.0. The molecule has 150 valence electrons. The van der Waals surface area contributed by atoms with Crippen molar-refractivity contribution in [2.24, 2.45) is 0 Å². The van der Waals surface area contributed by atoms with Crippen molar-refractivity contribution in [2.45, 2.75) is 32.5 Å². The molecule has 2 aromatic heterocycles. The highest BCUT2D eigenvalue weighted by Crippen LogP contribution is 2.25. The zero-order valence-corrected chi connectivity index (χ0v) is 16.9. The van der Waals surface area contributed by atoms with Gasteiger partial charge >= 0.3 is 0 Å². The van der Waals surface area contributed by atoms with E-state index in [1.54, 1.807) is 12.4 Å². The topological polar surface area (TPSA) is 67.2 Å². The molecule has 1 amide bonds. The lowest BCUT2D eigenvalue weighted by molar-refractivity contribution is -0.134. The van der Waals surface area contributed by atoms with Gasteiger partial charge in [-0.2, -0.15) is 0 Å². The van der Waals surface area contributed by atoms with E-state index in [1.165, 1.54) is 5.56 Å². The first-order valence-electron chi connectivity index (χ1n) is 9.89. The smallest absolute Gasteiger partial charge is 0.237 e. The zero-order valence-electron chi connectivity index (χ0n) is 16.9. The van der Waals surface area contributed by atoms with Gasteiger partial charge in [-0.3, -0.25) is 14.7 Å². The Labute approximate surface area is 171 Å². The first-order chi connectivity index (χ1) is 14.1. The molecule has 0 N–H and O–H groups in total. The number of rotatable bonds is 6. The maximum atomic E-state index is 13.0. The van der Waals surface area contributed by atoms with Gasteiger partial charge in [0.25, 0.3) is 0 Å². The van der Waals surface area contributed by atoms with Crippen LogP contribution in [0.15, 0.2) is 54.9 Å². The summed E-state index contributed by atoms with van der Waals surface area (Å²) in [5.41, 5.74) is 2.40. The van der Waals surface area contributed by atoms with Crippen LogP contribution < -0.4 is 0 Å². The van der Waals surface area contributed by atoms with Crippen molar-refractivity contribution in [3.8, 4) is 0 Å². The Morgan fingerprint density at radius 2 is 1.86 bits per heavy atom. The van der Waals surface area contributed by atoms with Crippen LogP contribution in [-0.2, 0) is 24.3 Å². The van der Waals surface area contributed by atoms with E-state index in [-0.39, 0.29) is 11.9 Å². The molecule has 0 unspecified atom stereocenters. The van der Waals surface area contributed by atoms with Crippen LogP contribution in [0.5, 0.6) is 0 Å². The molecule has 7 nitrogen and oxygen atoms in total. The van der Waals surface area contributed by atoms with Gasteiger partial charge in [-0.25, -0.2) is 0 Å². The minimum atomic E-state index is 0.117. The number of hydrogen-bond donors (Lipinski definition) is 0. The molecule has 1 atom stereocenters. The molecule has 0 spiro atoms. The number of likely N-dealkylation sites (N-methyl/N-ethyl adjacent to an activating group) is 1. The molecule has 3 heterocycles. The molecule has 0 saturated heterocycles. The Morgan fingerprint density at radius 1 is 1.10 bits per heavy atom. The normalized spacial score (nSPS) is 16.1. The molecular weight excluding hydrogens is 364 g/mol. The lowest BCUT2D eigenvalue weighted by atomic mass is 10.0. The van der Waals surface area contributed by atoms with Gasteiger partial charge in [0, 0.05) is 25.5 Å². The average molecular weight is 390 g/mol. The standard InChI is InChI=1S/C22H26N6O/c1-17-24-25-21-15-27(14-20(28(17)21)12-18-6-4-3-5-7-18)22(29)16-26(2)13-19-8-10-23-11-9-19/h3-11,20H,12-16H2,1-2H3/t20-/m1/s1. The summed E-state index contributed by atoms with van der Waals surface area (Å²) in [5.74, 6) is 1.88. The highest BCUT2D eigenvalue weighted by atomic mass is 16.2. The summed E-state index contributed by atoms with van der Waals surface area (Å²) in [4.78, 5) is 21.0. The fourth-order valence-corrected chi connectivity index (χ4v) is 3.99. The van der Waals surface area contributed by atoms with Crippen LogP contribution in [0.1, 0.15) is 28.8 Å². The highest BCUT2D eigenvalue weighted by Gasteiger charge is 2.30. The van der Waals surface area contributed by atoms with Gasteiger partial charge < -0.3 is 9.47 Å². The Hall–Kier alpha value is -3.06. The summed E-state index contributed by atoms with van der Waals surface area (Å²) in [5, 5.41) is 8.59. The van der Waals surface area contributed by atoms with Gasteiger partial charge in [-0.05, 0) is 43.7 Å². The van der Waals surface area contributed by atoms with Crippen LogP contribution in [0.4, 0.5) is 0 Å². The molecular formula is C22H26N6O. The van der Waals surface area contributed by atoms with Crippen molar-refractivity contribution in [3.05, 3.63) is 77.6 Å². The second kappa shape index (κ2) is 8.53. The van der Waals surface area contributed by atoms with Gasteiger partial charge in [-0.1, -0.05) is 30.3 Å². The first-order valence-corrected chi connectivity index (χ1v) is 9.89. The van der Waals surface area contributed by atoms with Gasteiger partial charge in [0.2, 0.25) is 5.91 Å². The first kappa shape index (κ1) is 19.3. The fourth-order valence-electron chi connectivity index (χ4n) is 3.99. The summed E-state index contributed by atoms with van der Waals surface area (Å²) >= 11 is 0. The van der Waals surface area contributed by atoms with Crippen LogP contribution in [0.2, 0.25) is 0 Å². The number of nitrogens with zero attached hydrogens (tertiary/aromatic N) is 6. The van der Waals surface area contributed by atoms with E-state index in [0.29, 0.717) is 26.2 Å². The lowest BCUT2D eigenvalue weighted by Gasteiger charge is -2.35. The van der Waals surface area contributed by atoms with Gasteiger partial charge in [0.15, 0.2) is 5.82 Å². The van der Waals surface area contributed by atoms with Gasteiger partial charge in [0.1, 0.15) is 5.82 Å². The van der Waals surface area contributed by atoms with E-state index in [0.717, 1.165) is 23.6 Å². The number of amides is 1. The average Bonchev–Trinajstić information content (AvgIpc) is 3.10. The molecule has 1 aliphatic heterocycles. The maximum Gasteiger partial charge on any atom is 0.237 e. The molecule has 1 aromatic carbocycles. The Bertz CT molecular complexity index is 956. The highest BCUT2D eigenvalue weighted by molar-refractivity contribution is 5.78. The van der Waals surface area contributed by atoms with E-state index < -0.39 is 0 Å². The van der Waals surface area contributed by atoms with Crippen molar-refractivity contribution in [1.82, 2.24) is 29.5 Å². The number of fused-ring (bicyclic) bond motifs is 1. The SMILES string of the molecule is Cc1nnc2n1[C@H](Cc1ccccc1)CN(C(=O)CN(C)Cc1ccncc1)C2. The fraction of sp³-hybridized carbons (Fsp3) is 0.364. The van der Waals surface area contributed by atoms with E-state index in [4.69, 9.17) is 0 Å². The number of carbonyl (C=O) groups excluding carboxylic acids is 1. The van der Waals surface area contributed by atoms with Crippen LogP contribution >= 0.6 is 0 Å². The Morgan fingerprint density at radius 3 is 2.62 bits per heavy atom. The summed E-state index contributed by atoms with van der Waals surface area (Å²) in [6, 6.07) is 14.5. The van der Waals surface area contributed by atoms with E-state index >= 15 is 0 Å². The van der Waals surface area contributed by atoms with Crippen LogP contribution in [0.25, 0.3) is 0 Å². The van der Waals surface area contributed by atoms with Crippen LogP contribution in [0.3, 0.4) is 0 Å². The van der Waals surface area contributed by atoms with Crippen LogP contribution in [0, 0.1) is 6.92 Å². The molecule has 1 aliphatic rings. The van der Waals surface area contributed by atoms with Crippen molar-refractivity contribution in [2.75, 3.05) is 20.1 Å². The molecule has 4 rings (SSSR count). The van der Waals surface area contributed by atoms with E-state index in [2.05, 4.69) is 44.0 Å². The van der Waals surface area contributed by atoms with Crippen molar-refractivity contribution in [3.63, 3.8) is 0 Å². The molecule has 7 heteroatoms. The Balaban J connectivity index is 1.46. The minimum Gasteiger partial charge on any atom is -0.332 e. The predicted octanol–water partition coefficient (Wildman–Crippen LogP) is 2.24. The van der Waals surface area contributed by atoms with E-state index in [9.17, 15) is 4.79 Å². The minimum absolute atomic E-state index is 0.117. The summed E-state index contributed by atoms with van der Waals surface area (Å²) in [6.45, 7) is 4.24. The Kier molecular flexibility index (Phi) is 5.67.